The zero-order valence-corrected chi connectivity index (χ0v) is 12.5. The molecule has 0 aliphatic carbocycles. The first kappa shape index (κ1) is 16.6. The Morgan fingerprint density at radius 2 is 1.85 bits per heavy atom. The predicted octanol–water partition coefficient (Wildman–Crippen LogP) is 3.31. The smallest absolute Gasteiger partial charge is 0.303 e. The Labute approximate surface area is 124 Å². The average Bonchev–Trinajstić information content (AvgIpc) is 2.40. The number of thioether (sulfide) groups is 1. The summed E-state index contributed by atoms with van der Waals surface area (Å²) in [5.74, 6) is 0.591. The van der Waals surface area contributed by atoms with Gasteiger partial charge in [0.05, 0.1) is 5.75 Å². The van der Waals surface area contributed by atoms with Crippen LogP contribution >= 0.6 is 11.8 Å². The number of unbranched alkanes of at least 4 members (excludes halogenated alkanes) is 2. The monoisotopic (exact) mass is 295 g/mol. The molecule has 0 saturated heterocycles. The van der Waals surface area contributed by atoms with Crippen molar-refractivity contribution in [3.63, 3.8) is 0 Å². The number of carboxylic acids is 1. The van der Waals surface area contributed by atoms with Crippen LogP contribution in [0.3, 0.4) is 0 Å². The summed E-state index contributed by atoms with van der Waals surface area (Å²) in [6.45, 7) is 2.01. The molecule has 2 N–H and O–H groups in total. The topological polar surface area (TPSA) is 66.4 Å². The van der Waals surface area contributed by atoms with Gasteiger partial charge in [0.2, 0.25) is 5.91 Å². The highest BCUT2D eigenvalue weighted by Gasteiger charge is 2.02. The van der Waals surface area contributed by atoms with E-state index >= 15 is 0 Å². The molecule has 0 aromatic heterocycles. The number of hydrogen-bond donors (Lipinski definition) is 2. The molecule has 4 nitrogen and oxygen atoms in total. The number of benzene rings is 1. The molecule has 1 aromatic rings. The fourth-order valence-corrected chi connectivity index (χ4v) is 2.47. The van der Waals surface area contributed by atoms with Gasteiger partial charge < -0.3 is 10.4 Å². The summed E-state index contributed by atoms with van der Waals surface area (Å²) in [4.78, 5) is 22.0. The molecule has 0 unspecified atom stereocenters. The van der Waals surface area contributed by atoms with E-state index in [1.807, 2.05) is 31.2 Å². The van der Waals surface area contributed by atoms with Gasteiger partial charge in [-0.25, -0.2) is 0 Å². The molecule has 0 saturated carbocycles. The molecule has 1 rings (SSSR count). The summed E-state index contributed by atoms with van der Waals surface area (Å²) in [5.41, 5.74) is 1.99. The van der Waals surface area contributed by atoms with Crippen molar-refractivity contribution in [3.05, 3.63) is 29.8 Å². The lowest BCUT2D eigenvalue weighted by Crippen LogP contribution is -2.14. The predicted molar refractivity (Wildman–Crippen MR) is 83.2 cm³/mol. The Hall–Kier alpha value is -1.49. The normalized spacial score (nSPS) is 10.2. The second-order valence-electron chi connectivity index (χ2n) is 4.67. The summed E-state index contributed by atoms with van der Waals surface area (Å²) in [6.07, 6.45) is 2.80. The molecule has 0 radical (unpaired) electrons. The molecular formula is C15H21NO3S. The molecule has 0 bridgehead atoms. The number of carbonyl (C=O) groups excluding carboxylic acids is 1. The second-order valence-corrected chi connectivity index (χ2v) is 5.78. The average molecular weight is 295 g/mol. The standard InChI is InChI=1S/C15H21NO3S/c1-12-6-8-13(9-7-12)16-14(17)11-20-10-4-2-3-5-15(18)19/h6-9H,2-5,10-11H2,1H3,(H,16,17)(H,18,19). The third-order valence-electron chi connectivity index (χ3n) is 2.75. The molecule has 0 spiro atoms. The van der Waals surface area contributed by atoms with Crippen molar-refractivity contribution in [1.29, 1.82) is 0 Å². The Kier molecular flexibility index (Phi) is 7.80. The minimum absolute atomic E-state index is 0.00406. The van der Waals surface area contributed by atoms with Crippen LogP contribution in [0.2, 0.25) is 0 Å². The van der Waals surface area contributed by atoms with E-state index in [2.05, 4.69) is 5.32 Å². The highest BCUT2D eigenvalue weighted by molar-refractivity contribution is 7.99. The van der Waals surface area contributed by atoms with E-state index in [1.54, 1.807) is 11.8 Å². The van der Waals surface area contributed by atoms with Crippen molar-refractivity contribution in [1.82, 2.24) is 0 Å². The SMILES string of the molecule is Cc1ccc(NC(=O)CSCCCCCC(=O)O)cc1. The van der Waals surface area contributed by atoms with Crippen LogP contribution in [0.1, 0.15) is 31.2 Å². The van der Waals surface area contributed by atoms with Crippen molar-refractivity contribution >= 4 is 29.3 Å². The Bertz CT molecular complexity index is 431. The Balaban J connectivity index is 2.05. The minimum Gasteiger partial charge on any atom is -0.481 e. The number of aryl methyl sites for hydroxylation is 1. The Morgan fingerprint density at radius 1 is 1.15 bits per heavy atom. The third kappa shape index (κ3) is 7.84. The lowest BCUT2D eigenvalue weighted by molar-refractivity contribution is -0.137. The van der Waals surface area contributed by atoms with E-state index in [0.717, 1.165) is 24.3 Å². The van der Waals surface area contributed by atoms with Gasteiger partial charge in [-0.2, -0.15) is 11.8 Å². The fourth-order valence-electron chi connectivity index (χ4n) is 1.66. The van der Waals surface area contributed by atoms with Crippen LogP contribution in [0, 0.1) is 6.92 Å². The third-order valence-corrected chi connectivity index (χ3v) is 3.79. The molecular weight excluding hydrogens is 274 g/mol. The second kappa shape index (κ2) is 9.42. The first-order valence-corrected chi connectivity index (χ1v) is 7.89. The van der Waals surface area contributed by atoms with E-state index < -0.39 is 5.97 Å². The number of hydrogen-bond acceptors (Lipinski definition) is 3. The summed E-state index contributed by atoms with van der Waals surface area (Å²) in [5, 5.41) is 11.3. The molecule has 20 heavy (non-hydrogen) atoms. The fraction of sp³-hybridized carbons (Fsp3) is 0.467. The molecule has 0 aliphatic heterocycles. The molecule has 0 heterocycles. The highest BCUT2D eigenvalue weighted by atomic mass is 32.2. The maximum absolute atomic E-state index is 11.7. The van der Waals surface area contributed by atoms with Gasteiger partial charge in [-0.3, -0.25) is 9.59 Å². The van der Waals surface area contributed by atoms with Crippen LogP contribution in [0.15, 0.2) is 24.3 Å². The molecule has 0 aliphatic rings. The first-order chi connectivity index (χ1) is 9.58. The minimum atomic E-state index is -0.741. The van der Waals surface area contributed by atoms with Crippen molar-refractivity contribution < 1.29 is 14.7 Å². The molecule has 1 amide bonds. The highest BCUT2D eigenvalue weighted by Crippen LogP contribution is 2.11. The Morgan fingerprint density at radius 3 is 2.50 bits per heavy atom. The number of carboxylic acid groups (broad SMARTS) is 1. The van der Waals surface area contributed by atoms with Crippen LogP contribution in [-0.2, 0) is 9.59 Å². The summed E-state index contributed by atoms with van der Waals surface area (Å²) >= 11 is 1.58. The zero-order chi connectivity index (χ0) is 14.8. The van der Waals surface area contributed by atoms with Gasteiger partial charge in [0.15, 0.2) is 0 Å². The number of rotatable bonds is 9. The van der Waals surface area contributed by atoms with Gasteiger partial charge in [0, 0.05) is 12.1 Å². The van der Waals surface area contributed by atoms with Crippen molar-refractivity contribution in [2.24, 2.45) is 0 Å². The van der Waals surface area contributed by atoms with Crippen molar-refractivity contribution in [3.8, 4) is 0 Å². The van der Waals surface area contributed by atoms with Crippen LogP contribution in [0.4, 0.5) is 5.69 Å². The van der Waals surface area contributed by atoms with Gasteiger partial charge in [0.25, 0.3) is 0 Å². The summed E-state index contributed by atoms with van der Waals surface area (Å²) < 4.78 is 0. The van der Waals surface area contributed by atoms with E-state index in [1.165, 1.54) is 5.56 Å². The number of aliphatic carboxylic acids is 1. The van der Waals surface area contributed by atoms with Crippen LogP contribution in [-0.4, -0.2) is 28.5 Å². The first-order valence-electron chi connectivity index (χ1n) is 6.74. The van der Waals surface area contributed by atoms with Gasteiger partial charge in [-0.15, -0.1) is 0 Å². The largest absolute Gasteiger partial charge is 0.481 e. The summed E-state index contributed by atoms with van der Waals surface area (Å²) in [7, 11) is 0. The molecule has 110 valence electrons. The number of anilines is 1. The van der Waals surface area contributed by atoms with E-state index in [4.69, 9.17) is 5.11 Å². The number of nitrogens with one attached hydrogen (secondary N) is 1. The number of carbonyl (C=O) groups is 2. The van der Waals surface area contributed by atoms with Gasteiger partial charge in [0.1, 0.15) is 0 Å². The van der Waals surface area contributed by atoms with Crippen LogP contribution in [0.25, 0.3) is 0 Å². The van der Waals surface area contributed by atoms with Crippen molar-refractivity contribution in [2.75, 3.05) is 16.8 Å². The van der Waals surface area contributed by atoms with Crippen molar-refractivity contribution in [2.45, 2.75) is 32.6 Å². The lowest BCUT2D eigenvalue weighted by atomic mass is 10.2. The van der Waals surface area contributed by atoms with Gasteiger partial charge in [-0.1, -0.05) is 24.1 Å². The molecule has 1 aromatic carbocycles. The van der Waals surface area contributed by atoms with Gasteiger partial charge in [-0.05, 0) is 37.7 Å². The maximum Gasteiger partial charge on any atom is 0.303 e. The summed E-state index contributed by atoms with van der Waals surface area (Å²) in [6, 6.07) is 7.71. The van der Waals surface area contributed by atoms with Crippen LogP contribution < -0.4 is 5.32 Å². The lowest BCUT2D eigenvalue weighted by Gasteiger charge is -2.05. The quantitative estimate of drug-likeness (QED) is 0.686. The molecule has 5 heteroatoms. The molecule has 0 fully saturated rings. The van der Waals surface area contributed by atoms with E-state index in [-0.39, 0.29) is 12.3 Å². The van der Waals surface area contributed by atoms with Gasteiger partial charge >= 0.3 is 5.97 Å². The van der Waals surface area contributed by atoms with E-state index in [0.29, 0.717) is 12.2 Å². The molecule has 0 atom stereocenters. The number of amides is 1. The van der Waals surface area contributed by atoms with E-state index in [9.17, 15) is 9.59 Å². The van der Waals surface area contributed by atoms with Crippen LogP contribution in [0.5, 0.6) is 0 Å². The zero-order valence-electron chi connectivity index (χ0n) is 11.7. The maximum atomic E-state index is 11.7.